The van der Waals surface area contributed by atoms with Crippen molar-refractivity contribution in [1.82, 2.24) is 0 Å². The van der Waals surface area contributed by atoms with Gasteiger partial charge in [0.2, 0.25) is 0 Å². The van der Waals surface area contributed by atoms with Crippen molar-refractivity contribution in [2.24, 2.45) is 5.92 Å². The monoisotopic (exact) mass is 409 g/mol. The molecule has 0 bridgehead atoms. The highest BCUT2D eigenvalue weighted by molar-refractivity contribution is 9.11. The molecule has 1 nitrogen and oxygen atoms in total. The van der Waals surface area contributed by atoms with Gasteiger partial charge in [0.1, 0.15) is 0 Å². The summed E-state index contributed by atoms with van der Waals surface area (Å²) in [5.41, 5.74) is 1.29. The zero-order chi connectivity index (χ0) is 11.7. The van der Waals surface area contributed by atoms with Crippen LogP contribution in [0.2, 0.25) is 0 Å². The SMILES string of the molecule is CC1CCN(c2c(Br)cc(Br)cc2Br)CC1. The molecule has 0 atom stereocenters. The van der Waals surface area contributed by atoms with Gasteiger partial charge in [-0.05, 0) is 62.8 Å². The Bertz CT molecular complexity index is 361. The highest BCUT2D eigenvalue weighted by Crippen LogP contribution is 2.38. The van der Waals surface area contributed by atoms with E-state index in [0.717, 1.165) is 32.4 Å². The molecule has 4 heteroatoms. The lowest BCUT2D eigenvalue weighted by atomic mass is 9.99. The fourth-order valence-corrected chi connectivity index (χ4v) is 4.83. The van der Waals surface area contributed by atoms with Crippen LogP contribution in [0.25, 0.3) is 0 Å². The minimum absolute atomic E-state index is 0.865. The molecule has 1 fully saturated rings. The molecular weight excluding hydrogens is 398 g/mol. The highest BCUT2D eigenvalue weighted by atomic mass is 79.9. The first-order valence-electron chi connectivity index (χ1n) is 5.47. The van der Waals surface area contributed by atoms with E-state index in [4.69, 9.17) is 0 Å². The zero-order valence-electron chi connectivity index (χ0n) is 9.14. The molecule has 0 aliphatic carbocycles. The van der Waals surface area contributed by atoms with E-state index in [1.165, 1.54) is 18.5 Å². The van der Waals surface area contributed by atoms with E-state index in [1.807, 2.05) is 0 Å². The van der Waals surface area contributed by atoms with Crippen molar-refractivity contribution in [3.8, 4) is 0 Å². The Balaban J connectivity index is 2.26. The topological polar surface area (TPSA) is 3.24 Å². The van der Waals surface area contributed by atoms with Crippen LogP contribution in [0, 0.1) is 5.92 Å². The molecule has 1 aromatic rings. The van der Waals surface area contributed by atoms with Gasteiger partial charge in [0.05, 0.1) is 5.69 Å². The second-order valence-corrected chi connectivity index (χ2v) is 7.01. The summed E-state index contributed by atoms with van der Waals surface area (Å²) < 4.78 is 3.41. The quantitative estimate of drug-likeness (QED) is 0.613. The van der Waals surface area contributed by atoms with Crippen LogP contribution in [0.3, 0.4) is 0 Å². The number of piperidine rings is 1. The number of rotatable bonds is 1. The predicted octanol–water partition coefficient (Wildman–Crippen LogP) is 5.21. The van der Waals surface area contributed by atoms with Crippen LogP contribution >= 0.6 is 47.8 Å². The average molecular weight is 412 g/mol. The molecular formula is C12H14Br3N. The third-order valence-electron chi connectivity index (χ3n) is 3.08. The van der Waals surface area contributed by atoms with Gasteiger partial charge in [-0.1, -0.05) is 22.9 Å². The Labute approximate surface area is 122 Å². The largest absolute Gasteiger partial charge is 0.370 e. The molecule has 1 aliphatic heterocycles. The number of benzene rings is 1. The Hall–Kier alpha value is 0.460. The van der Waals surface area contributed by atoms with Crippen LogP contribution in [-0.2, 0) is 0 Å². The van der Waals surface area contributed by atoms with E-state index in [0.29, 0.717) is 0 Å². The van der Waals surface area contributed by atoms with Crippen molar-refractivity contribution in [2.75, 3.05) is 18.0 Å². The average Bonchev–Trinajstić information content (AvgIpc) is 2.19. The van der Waals surface area contributed by atoms with Crippen LogP contribution in [-0.4, -0.2) is 13.1 Å². The number of hydrogen-bond acceptors (Lipinski definition) is 1. The Morgan fingerprint density at radius 3 is 2.06 bits per heavy atom. The molecule has 16 heavy (non-hydrogen) atoms. The van der Waals surface area contributed by atoms with Crippen molar-refractivity contribution in [3.05, 3.63) is 25.6 Å². The minimum atomic E-state index is 0.865. The van der Waals surface area contributed by atoms with E-state index in [-0.39, 0.29) is 0 Å². The minimum Gasteiger partial charge on any atom is -0.370 e. The molecule has 0 N–H and O–H groups in total. The van der Waals surface area contributed by atoms with Crippen LogP contribution in [0.15, 0.2) is 25.6 Å². The Morgan fingerprint density at radius 2 is 1.56 bits per heavy atom. The lowest BCUT2D eigenvalue weighted by Crippen LogP contribution is -2.33. The van der Waals surface area contributed by atoms with Crippen LogP contribution in [0.4, 0.5) is 5.69 Å². The van der Waals surface area contributed by atoms with Gasteiger partial charge in [-0.25, -0.2) is 0 Å². The maximum atomic E-state index is 3.65. The van der Waals surface area contributed by atoms with E-state index in [1.54, 1.807) is 0 Å². The first-order chi connectivity index (χ1) is 7.58. The third-order valence-corrected chi connectivity index (χ3v) is 4.75. The van der Waals surface area contributed by atoms with Crippen molar-refractivity contribution in [1.29, 1.82) is 0 Å². The van der Waals surface area contributed by atoms with E-state index in [9.17, 15) is 0 Å². The molecule has 88 valence electrons. The highest BCUT2D eigenvalue weighted by Gasteiger charge is 2.20. The maximum Gasteiger partial charge on any atom is 0.0655 e. The van der Waals surface area contributed by atoms with Gasteiger partial charge in [-0.15, -0.1) is 0 Å². The fraction of sp³-hybridized carbons (Fsp3) is 0.500. The predicted molar refractivity (Wildman–Crippen MR) is 80.2 cm³/mol. The standard InChI is InChI=1S/C12H14Br3N/c1-8-2-4-16(5-3-8)12-10(14)6-9(13)7-11(12)15/h6-8H,2-5H2,1H3. The number of anilines is 1. The smallest absolute Gasteiger partial charge is 0.0655 e. The molecule has 0 saturated carbocycles. The summed E-state index contributed by atoms with van der Waals surface area (Å²) in [5, 5.41) is 0. The number of nitrogens with zero attached hydrogens (tertiary/aromatic N) is 1. The second-order valence-electron chi connectivity index (χ2n) is 4.39. The van der Waals surface area contributed by atoms with Gasteiger partial charge in [0.15, 0.2) is 0 Å². The molecule has 1 aromatic carbocycles. The Kier molecular flexibility index (Phi) is 4.36. The van der Waals surface area contributed by atoms with Crippen molar-refractivity contribution in [2.45, 2.75) is 19.8 Å². The van der Waals surface area contributed by atoms with E-state index >= 15 is 0 Å². The third kappa shape index (κ3) is 2.82. The summed E-state index contributed by atoms with van der Waals surface area (Å²) in [4.78, 5) is 2.46. The molecule has 2 rings (SSSR count). The van der Waals surface area contributed by atoms with E-state index in [2.05, 4.69) is 71.7 Å². The summed E-state index contributed by atoms with van der Waals surface area (Å²) in [6.45, 7) is 4.64. The first kappa shape index (κ1) is 12.9. The first-order valence-corrected chi connectivity index (χ1v) is 7.85. The summed E-state index contributed by atoms with van der Waals surface area (Å²) in [6, 6.07) is 4.22. The molecule has 1 saturated heterocycles. The summed E-state index contributed by atoms with van der Waals surface area (Å²) in [6.07, 6.45) is 2.57. The lowest BCUT2D eigenvalue weighted by Gasteiger charge is -2.33. The fourth-order valence-electron chi connectivity index (χ4n) is 2.07. The normalized spacial score (nSPS) is 17.9. The Morgan fingerprint density at radius 1 is 1.06 bits per heavy atom. The second kappa shape index (κ2) is 5.40. The zero-order valence-corrected chi connectivity index (χ0v) is 13.9. The molecule has 0 spiro atoms. The van der Waals surface area contributed by atoms with Crippen molar-refractivity contribution in [3.63, 3.8) is 0 Å². The van der Waals surface area contributed by atoms with Gasteiger partial charge in [-0.3, -0.25) is 0 Å². The molecule has 0 radical (unpaired) electrons. The van der Waals surface area contributed by atoms with Crippen LogP contribution < -0.4 is 4.90 Å². The summed E-state index contributed by atoms with van der Waals surface area (Å²) >= 11 is 10.8. The van der Waals surface area contributed by atoms with Crippen molar-refractivity contribution >= 4 is 53.5 Å². The summed E-state index contributed by atoms with van der Waals surface area (Å²) in [7, 11) is 0. The molecule has 1 aliphatic rings. The van der Waals surface area contributed by atoms with Crippen molar-refractivity contribution < 1.29 is 0 Å². The molecule has 1 heterocycles. The molecule has 0 amide bonds. The van der Waals surface area contributed by atoms with Gasteiger partial charge >= 0.3 is 0 Å². The van der Waals surface area contributed by atoms with Gasteiger partial charge < -0.3 is 4.90 Å². The maximum absolute atomic E-state index is 3.65. The number of hydrogen-bond donors (Lipinski definition) is 0. The van der Waals surface area contributed by atoms with Gasteiger partial charge in [-0.2, -0.15) is 0 Å². The number of halogens is 3. The molecule has 0 unspecified atom stereocenters. The summed E-state index contributed by atoms with van der Waals surface area (Å²) in [5.74, 6) is 0.865. The van der Waals surface area contributed by atoms with Gasteiger partial charge in [0, 0.05) is 26.5 Å². The van der Waals surface area contributed by atoms with E-state index < -0.39 is 0 Å². The van der Waals surface area contributed by atoms with Crippen LogP contribution in [0.1, 0.15) is 19.8 Å². The lowest BCUT2D eigenvalue weighted by molar-refractivity contribution is 0.438. The molecule has 0 aromatic heterocycles. The van der Waals surface area contributed by atoms with Crippen LogP contribution in [0.5, 0.6) is 0 Å². The van der Waals surface area contributed by atoms with Gasteiger partial charge in [0.25, 0.3) is 0 Å².